The lowest BCUT2D eigenvalue weighted by atomic mass is 10.0. The number of ether oxygens (including phenoxy) is 1. The predicted octanol–water partition coefficient (Wildman–Crippen LogP) is 5.69. The molecule has 1 aliphatic rings. The van der Waals surface area contributed by atoms with E-state index in [1.165, 1.54) is 4.90 Å². The number of anilines is 2. The van der Waals surface area contributed by atoms with E-state index in [9.17, 15) is 14.4 Å². The first kappa shape index (κ1) is 28.1. The van der Waals surface area contributed by atoms with Gasteiger partial charge in [-0.2, -0.15) is 0 Å². The normalized spacial score (nSPS) is 13.9. The highest BCUT2D eigenvalue weighted by atomic mass is 35.5. The van der Waals surface area contributed by atoms with Gasteiger partial charge in [-0.3, -0.25) is 19.3 Å². The quantitative estimate of drug-likeness (QED) is 0.321. The zero-order chi connectivity index (χ0) is 27.6. The number of carbonyl (C=O) groups excluding carboxylic acids is 3. The van der Waals surface area contributed by atoms with Crippen LogP contribution in [0, 0.1) is 0 Å². The zero-order valence-electron chi connectivity index (χ0n) is 21.9. The van der Waals surface area contributed by atoms with Crippen molar-refractivity contribution in [1.29, 1.82) is 0 Å². The third kappa shape index (κ3) is 7.80. The highest BCUT2D eigenvalue weighted by Crippen LogP contribution is 2.32. The number of halogens is 1. The van der Waals surface area contributed by atoms with Crippen LogP contribution in [0.4, 0.5) is 11.5 Å². The number of rotatable bonds is 11. The monoisotopic (exact) mass is 548 g/mol. The fraction of sp³-hybridized carbons (Fsp3) is 0.333. The van der Waals surface area contributed by atoms with Crippen molar-refractivity contribution in [1.82, 2.24) is 10.3 Å². The summed E-state index contributed by atoms with van der Waals surface area (Å²) in [6, 6.07) is 18.4. The Kier molecular flexibility index (Phi) is 9.91. The SMILES string of the molecule is COc1cccc(N(C(=O)CCCC(=O)Nc2ccccn2)[C@H](C(=O)NC2CCCC2)c2ccc(Cl)cc2)c1. The molecule has 3 amide bonds. The molecule has 0 spiro atoms. The Bertz CT molecular complexity index is 1260. The number of amides is 3. The average Bonchev–Trinajstić information content (AvgIpc) is 3.45. The smallest absolute Gasteiger partial charge is 0.248 e. The summed E-state index contributed by atoms with van der Waals surface area (Å²) in [5.41, 5.74) is 1.16. The standard InChI is InChI=1S/C30H33ClN4O4/c1-39-25-11-6-10-24(20-25)35(28(37)14-7-13-27(36)34-26-12-4-5-19-32-26)29(21-15-17-22(31)18-16-21)30(38)33-23-8-2-3-9-23/h4-6,10-12,15-20,23,29H,2-3,7-9,13-14H2,1H3,(H,33,38)(H,32,34,36)/t29-/m0/s1. The minimum atomic E-state index is -0.926. The van der Waals surface area contributed by atoms with Crippen LogP contribution in [0.25, 0.3) is 0 Å². The van der Waals surface area contributed by atoms with E-state index in [0.29, 0.717) is 34.3 Å². The minimum absolute atomic E-state index is 0.0631. The highest BCUT2D eigenvalue weighted by molar-refractivity contribution is 6.30. The summed E-state index contributed by atoms with van der Waals surface area (Å²) in [7, 11) is 1.55. The summed E-state index contributed by atoms with van der Waals surface area (Å²) < 4.78 is 5.41. The van der Waals surface area contributed by atoms with E-state index in [4.69, 9.17) is 16.3 Å². The van der Waals surface area contributed by atoms with Gasteiger partial charge in [0, 0.05) is 41.9 Å². The molecule has 1 atom stereocenters. The number of hydrogen-bond donors (Lipinski definition) is 2. The molecule has 3 aromatic rings. The van der Waals surface area contributed by atoms with E-state index in [1.54, 1.807) is 80.0 Å². The third-order valence-corrected chi connectivity index (χ3v) is 6.97. The van der Waals surface area contributed by atoms with E-state index in [-0.39, 0.29) is 36.6 Å². The maximum Gasteiger partial charge on any atom is 0.248 e. The molecule has 2 aromatic carbocycles. The van der Waals surface area contributed by atoms with Crippen LogP contribution in [0.3, 0.4) is 0 Å². The minimum Gasteiger partial charge on any atom is -0.497 e. The Labute approximate surface area is 233 Å². The van der Waals surface area contributed by atoms with E-state index in [2.05, 4.69) is 15.6 Å². The summed E-state index contributed by atoms with van der Waals surface area (Å²) in [6.07, 6.45) is 6.05. The van der Waals surface area contributed by atoms with Crippen molar-refractivity contribution in [3.05, 3.63) is 83.5 Å². The van der Waals surface area contributed by atoms with E-state index in [0.717, 1.165) is 25.7 Å². The summed E-state index contributed by atoms with van der Waals surface area (Å²) in [5, 5.41) is 6.43. The predicted molar refractivity (Wildman–Crippen MR) is 152 cm³/mol. The van der Waals surface area contributed by atoms with Gasteiger partial charge in [-0.15, -0.1) is 0 Å². The Morgan fingerprint density at radius 1 is 1.03 bits per heavy atom. The molecule has 0 bridgehead atoms. The second kappa shape index (κ2) is 13.8. The number of hydrogen-bond acceptors (Lipinski definition) is 5. The number of aromatic nitrogens is 1. The summed E-state index contributed by atoms with van der Waals surface area (Å²) in [6.45, 7) is 0. The molecule has 0 radical (unpaired) electrons. The van der Waals surface area contributed by atoms with Crippen LogP contribution in [-0.4, -0.2) is 35.9 Å². The number of benzene rings is 2. The second-order valence-corrected chi connectivity index (χ2v) is 9.96. The molecule has 1 aromatic heterocycles. The molecule has 0 unspecified atom stereocenters. The van der Waals surface area contributed by atoms with Gasteiger partial charge in [-0.1, -0.05) is 48.7 Å². The van der Waals surface area contributed by atoms with Crippen molar-refractivity contribution in [2.24, 2.45) is 0 Å². The molecular formula is C30H33ClN4O4. The first-order valence-electron chi connectivity index (χ1n) is 13.2. The first-order valence-corrected chi connectivity index (χ1v) is 13.5. The van der Waals surface area contributed by atoms with Gasteiger partial charge in [-0.05, 0) is 61.2 Å². The molecule has 1 aliphatic carbocycles. The molecule has 204 valence electrons. The second-order valence-electron chi connectivity index (χ2n) is 9.53. The van der Waals surface area contributed by atoms with E-state index in [1.807, 2.05) is 0 Å². The lowest BCUT2D eigenvalue weighted by molar-refractivity contribution is -0.127. The Morgan fingerprint density at radius 2 is 1.79 bits per heavy atom. The lowest BCUT2D eigenvalue weighted by Crippen LogP contribution is -2.46. The molecule has 39 heavy (non-hydrogen) atoms. The Hall–Kier alpha value is -3.91. The van der Waals surface area contributed by atoms with E-state index < -0.39 is 6.04 Å². The van der Waals surface area contributed by atoms with Crippen LogP contribution in [0.15, 0.2) is 72.9 Å². The van der Waals surface area contributed by atoms with Crippen molar-refractivity contribution in [3.8, 4) is 5.75 Å². The van der Waals surface area contributed by atoms with Crippen molar-refractivity contribution >= 4 is 40.8 Å². The summed E-state index contributed by atoms with van der Waals surface area (Å²) in [5.74, 6) is 0.246. The molecule has 1 fully saturated rings. The Morgan fingerprint density at radius 3 is 2.49 bits per heavy atom. The maximum atomic E-state index is 13.8. The molecule has 0 aliphatic heterocycles. The topological polar surface area (TPSA) is 101 Å². The lowest BCUT2D eigenvalue weighted by Gasteiger charge is -2.32. The number of methoxy groups -OCH3 is 1. The van der Waals surface area contributed by atoms with Crippen molar-refractivity contribution in [2.75, 3.05) is 17.3 Å². The van der Waals surface area contributed by atoms with Crippen LogP contribution in [0.5, 0.6) is 5.75 Å². The zero-order valence-corrected chi connectivity index (χ0v) is 22.7. The third-order valence-electron chi connectivity index (χ3n) is 6.72. The van der Waals surface area contributed by atoms with Gasteiger partial charge in [0.05, 0.1) is 7.11 Å². The van der Waals surface area contributed by atoms with Gasteiger partial charge in [0.15, 0.2) is 0 Å². The van der Waals surface area contributed by atoms with Gasteiger partial charge >= 0.3 is 0 Å². The molecule has 8 nitrogen and oxygen atoms in total. The van der Waals surface area contributed by atoms with Crippen molar-refractivity contribution < 1.29 is 19.1 Å². The fourth-order valence-electron chi connectivity index (χ4n) is 4.77. The van der Waals surface area contributed by atoms with Gasteiger partial charge in [0.25, 0.3) is 0 Å². The van der Waals surface area contributed by atoms with Crippen LogP contribution in [0.1, 0.15) is 56.6 Å². The Balaban J connectivity index is 1.59. The summed E-state index contributed by atoms with van der Waals surface area (Å²) >= 11 is 6.15. The number of nitrogens with zero attached hydrogens (tertiary/aromatic N) is 2. The highest BCUT2D eigenvalue weighted by Gasteiger charge is 2.34. The van der Waals surface area contributed by atoms with Gasteiger partial charge in [0.2, 0.25) is 17.7 Å². The summed E-state index contributed by atoms with van der Waals surface area (Å²) in [4.78, 5) is 45.7. The molecule has 1 saturated carbocycles. The fourth-order valence-corrected chi connectivity index (χ4v) is 4.90. The number of carbonyl (C=O) groups is 3. The number of pyridine rings is 1. The molecular weight excluding hydrogens is 516 g/mol. The van der Waals surface area contributed by atoms with E-state index >= 15 is 0 Å². The molecule has 2 N–H and O–H groups in total. The largest absolute Gasteiger partial charge is 0.497 e. The molecule has 0 saturated heterocycles. The van der Waals surface area contributed by atoms with Crippen LogP contribution in [0.2, 0.25) is 5.02 Å². The van der Waals surface area contributed by atoms with Crippen LogP contribution >= 0.6 is 11.6 Å². The maximum absolute atomic E-state index is 13.8. The molecule has 9 heteroatoms. The molecule has 4 rings (SSSR count). The van der Waals surface area contributed by atoms with Crippen LogP contribution in [-0.2, 0) is 14.4 Å². The average molecular weight is 549 g/mol. The van der Waals surface area contributed by atoms with Crippen LogP contribution < -0.4 is 20.3 Å². The molecule has 1 heterocycles. The van der Waals surface area contributed by atoms with Gasteiger partial charge in [-0.25, -0.2) is 4.98 Å². The van der Waals surface area contributed by atoms with Gasteiger partial charge in [0.1, 0.15) is 17.6 Å². The van der Waals surface area contributed by atoms with Crippen molar-refractivity contribution in [3.63, 3.8) is 0 Å². The van der Waals surface area contributed by atoms with Crippen molar-refractivity contribution in [2.45, 2.75) is 57.0 Å². The first-order chi connectivity index (χ1) is 18.9. The van der Waals surface area contributed by atoms with Gasteiger partial charge < -0.3 is 15.4 Å². The number of nitrogens with one attached hydrogen (secondary N) is 2.